The molecule has 68 valence electrons. The summed E-state index contributed by atoms with van der Waals surface area (Å²) in [5, 5.41) is 1.20. The summed E-state index contributed by atoms with van der Waals surface area (Å²) in [6.45, 7) is 0. The van der Waals surface area contributed by atoms with Crippen molar-refractivity contribution in [2.45, 2.75) is 6.42 Å². The van der Waals surface area contributed by atoms with Gasteiger partial charge in [0.2, 0.25) is 0 Å². The van der Waals surface area contributed by atoms with E-state index in [0.29, 0.717) is 22.3 Å². The Labute approximate surface area is 92.8 Å². The fraction of sp³-hybridized carbons (Fsp3) is 0.200. The van der Waals surface area contributed by atoms with Crippen LogP contribution in [-0.2, 0) is 0 Å². The standard InChI is InChI=1S/C10H7Cl3/c11-6-2-1-3-8-4-5-9(12)7-10(8)13/h4-5,7H,2,6H2. The van der Waals surface area contributed by atoms with Gasteiger partial charge in [0.25, 0.3) is 0 Å². The second kappa shape index (κ2) is 5.40. The zero-order valence-electron chi connectivity index (χ0n) is 6.78. The maximum atomic E-state index is 5.89. The zero-order chi connectivity index (χ0) is 9.68. The van der Waals surface area contributed by atoms with Crippen LogP contribution in [0.1, 0.15) is 12.0 Å². The molecule has 1 rings (SSSR count). The first kappa shape index (κ1) is 10.7. The molecule has 0 saturated carbocycles. The summed E-state index contributed by atoms with van der Waals surface area (Å²) in [7, 11) is 0. The average molecular weight is 234 g/mol. The van der Waals surface area contributed by atoms with Crippen LogP contribution in [0.2, 0.25) is 10.0 Å². The van der Waals surface area contributed by atoms with Gasteiger partial charge in [0.15, 0.2) is 0 Å². The summed E-state index contributed by atoms with van der Waals surface area (Å²) in [6.07, 6.45) is 0.667. The highest BCUT2D eigenvalue weighted by molar-refractivity contribution is 6.35. The fourth-order valence-corrected chi connectivity index (χ4v) is 1.35. The van der Waals surface area contributed by atoms with Crippen molar-refractivity contribution in [3.8, 4) is 11.8 Å². The Morgan fingerprint density at radius 1 is 1.23 bits per heavy atom. The van der Waals surface area contributed by atoms with Gasteiger partial charge in [-0.1, -0.05) is 35.0 Å². The molecule has 0 heterocycles. The van der Waals surface area contributed by atoms with Crippen molar-refractivity contribution in [2.24, 2.45) is 0 Å². The van der Waals surface area contributed by atoms with Gasteiger partial charge in [-0.25, -0.2) is 0 Å². The summed E-state index contributed by atoms with van der Waals surface area (Å²) in [4.78, 5) is 0. The third-order valence-electron chi connectivity index (χ3n) is 1.37. The van der Waals surface area contributed by atoms with Crippen molar-refractivity contribution < 1.29 is 0 Å². The predicted molar refractivity (Wildman–Crippen MR) is 58.7 cm³/mol. The molecule has 13 heavy (non-hydrogen) atoms. The van der Waals surface area contributed by atoms with E-state index in [2.05, 4.69) is 11.8 Å². The number of rotatable bonds is 1. The summed E-state index contributed by atoms with van der Waals surface area (Å²) >= 11 is 17.1. The van der Waals surface area contributed by atoms with Gasteiger partial charge < -0.3 is 0 Å². The van der Waals surface area contributed by atoms with E-state index < -0.39 is 0 Å². The molecule has 0 aliphatic carbocycles. The molecule has 0 atom stereocenters. The second-order valence-electron chi connectivity index (χ2n) is 2.36. The van der Waals surface area contributed by atoms with E-state index >= 15 is 0 Å². The minimum atomic E-state index is 0.540. The first-order valence-corrected chi connectivity index (χ1v) is 5.03. The predicted octanol–water partition coefficient (Wildman–Crippen LogP) is 3.97. The second-order valence-corrected chi connectivity index (χ2v) is 3.59. The molecule has 0 amide bonds. The molecule has 0 N–H and O–H groups in total. The lowest BCUT2D eigenvalue weighted by atomic mass is 10.2. The van der Waals surface area contributed by atoms with E-state index in [1.165, 1.54) is 0 Å². The van der Waals surface area contributed by atoms with Crippen molar-refractivity contribution in [3.63, 3.8) is 0 Å². The van der Waals surface area contributed by atoms with E-state index in [1.807, 2.05) is 0 Å². The number of halogens is 3. The van der Waals surface area contributed by atoms with Gasteiger partial charge in [-0.2, -0.15) is 0 Å². The van der Waals surface area contributed by atoms with Crippen LogP contribution in [-0.4, -0.2) is 5.88 Å². The third-order valence-corrected chi connectivity index (χ3v) is 2.11. The molecule has 0 unspecified atom stereocenters. The smallest absolute Gasteiger partial charge is 0.0577 e. The van der Waals surface area contributed by atoms with E-state index in [0.717, 1.165) is 5.56 Å². The van der Waals surface area contributed by atoms with E-state index in [4.69, 9.17) is 34.8 Å². The molecule has 1 aromatic carbocycles. The van der Waals surface area contributed by atoms with Crippen LogP contribution >= 0.6 is 34.8 Å². The Kier molecular flexibility index (Phi) is 4.45. The Balaban J connectivity index is 2.85. The number of hydrogen-bond acceptors (Lipinski definition) is 0. The van der Waals surface area contributed by atoms with Gasteiger partial charge in [-0.15, -0.1) is 11.6 Å². The molecular formula is C10H7Cl3. The van der Waals surface area contributed by atoms with Crippen molar-refractivity contribution in [2.75, 3.05) is 5.88 Å². The first-order chi connectivity index (χ1) is 6.24. The Morgan fingerprint density at radius 3 is 2.62 bits per heavy atom. The van der Waals surface area contributed by atoms with E-state index in [1.54, 1.807) is 18.2 Å². The number of benzene rings is 1. The van der Waals surface area contributed by atoms with Crippen molar-refractivity contribution in [3.05, 3.63) is 33.8 Å². The molecule has 1 aromatic rings. The maximum absolute atomic E-state index is 5.89. The molecule has 0 saturated heterocycles. The lowest BCUT2D eigenvalue weighted by Gasteiger charge is -1.95. The molecule has 0 nitrogen and oxygen atoms in total. The largest absolute Gasteiger partial charge is 0.126 e. The zero-order valence-corrected chi connectivity index (χ0v) is 9.05. The van der Waals surface area contributed by atoms with Gasteiger partial charge in [-0.05, 0) is 18.2 Å². The van der Waals surface area contributed by atoms with Crippen LogP contribution in [0.4, 0.5) is 0 Å². The normalized spacial score (nSPS) is 9.15. The Hall–Kier alpha value is -0.350. The molecule has 3 heteroatoms. The molecule has 0 aliphatic rings. The highest BCUT2D eigenvalue weighted by Gasteiger charge is 1.96. The monoisotopic (exact) mass is 232 g/mol. The third kappa shape index (κ3) is 3.48. The molecule has 0 spiro atoms. The van der Waals surface area contributed by atoms with Gasteiger partial charge in [-0.3, -0.25) is 0 Å². The van der Waals surface area contributed by atoms with Crippen molar-refractivity contribution >= 4 is 34.8 Å². The SMILES string of the molecule is ClCCC#Cc1ccc(Cl)cc1Cl. The van der Waals surface area contributed by atoms with E-state index in [-0.39, 0.29) is 0 Å². The minimum Gasteiger partial charge on any atom is -0.126 e. The molecule has 0 fully saturated rings. The van der Waals surface area contributed by atoms with Gasteiger partial charge in [0.1, 0.15) is 0 Å². The lowest BCUT2D eigenvalue weighted by molar-refractivity contribution is 1.29. The molecule has 0 radical (unpaired) electrons. The van der Waals surface area contributed by atoms with Crippen LogP contribution in [0.5, 0.6) is 0 Å². The average Bonchev–Trinajstić information content (AvgIpc) is 2.09. The Bertz CT molecular complexity index is 347. The topological polar surface area (TPSA) is 0 Å². The fourth-order valence-electron chi connectivity index (χ4n) is 0.796. The highest BCUT2D eigenvalue weighted by Crippen LogP contribution is 2.19. The summed E-state index contributed by atoms with van der Waals surface area (Å²) < 4.78 is 0. The van der Waals surface area contributed by atoms with Crippen LogP contribution < -0.4 is 0 Å². The first-order valence-electron chi connectivity index (χ1n) is 3.74. The minimum absolute atomic E-state index is 0.540. The van der Waals surface area contributed by atoms with Crippen LogP contribution in [0.25, 0.3) is 0 Å². The summed E-state index contributed by atoms with van der Waals surface area (Å²) in [5.74, 6) is 6.36. The van der Waals surface area contributed by atoms with Crippen LogP contribution in [0.15, 0.2) is 18.2 Å². The maximum Gasteiger partial charge on any atom is 0.0577 e. The number of alkyl halides is 1. The summed E-state index contributed by atoms with van der Waals surface area (Å²) in [5.41, 5.74) is 0.788. The lowest BCUT2D eigenvalue weighted by Crippen LogP contribution is -1.77. The molecule has 0 aromatic heterocycles. The van der Waals surface area contributed by atoms with Gasteiger partial charge in [0, 0.05) is 22.9 Å². The molecule has 0 bridgehead atoms. The van der Waals surface area contributed by atoms with E-state index in [9.17, 15) is 0 Å². The molecular weight excluding hydrogens is 226 g/mol. The quantitative estimate of drug-likeness (QED) is 0.508. The number of hydrogen-bond donors (Lipinski definition) is 0. The summed E-state index contributed by atoms with van der Waals surface area (Å²) in [6, 6.07) is 5.23. The van der Waals surface area contributed by atoms with Crippen LogP contribution in [0.3, 0.4) is 0 Å². The highest BCUT2D eigenvalue weighted by atomic mass is 35.5. The van der Waals surface area contributed by atoms with Gasteiger partial charge >= 0.3 is 0 Å². The van der Waals surface area contributed by atoms with Gasteiger partial charge in [0.05, 0.1) is 5.02 Å². The Morgan fingerprint density at radius 2 is 2.00 bits per heavy atom. The van der Waals surface area contributed by atoms with Crippen LogP contribution in [0, 0.1) is 11.8 Å². The molecule has 0 aliphatic heterocycles. The van der Waals surface area contributed by atoms with Crippen molar-refractivity contribution in [1.29, 1.82) is 0 Å². The van der Waals surface area contributed by atoms with Crippen molar-refractivity contribution in [1.82, 2.24) is 0 Å².